The minimum Gasteiger partial charge on any atom is -0.424 e. The molecule has 0 unspecified atom stereocenters. The van der Waals surface area contributed by atoms with Gasteiger partial charge in [0.05, 0.1) is 11.7 Å². The molecule has 11 heteroatoms. The molecular weight excluding hydrogens is 438 g/mol. The number of rotatable bonds is 4. The molecule has 0 radical (unpaired) electrons. The van der Waals surface area contributed by atoms with Crippen LogP contribution in [0.15, 0.2) is 39.8 Å². The van der Waals surface area contributed by atoms with Crippen LogP contribution in [0.4, 0.5) is 14.5 Å². The van der Waals surface area contributed by atoms with Crippen molar-refractivity contribution in [3.8, 4) is 0 Å². The van der Waals surface area contributed by atoms with Gasteiger partial charge < -0.3 is 23.9 Å². The second-order valence-corrected chi connectivity index (χ2v) is 9.05. The Hall–Kier alpha value is -3.08. The number of guanidine groups is 1. The number of carbonyl (C=O) groups excluding carboxylic acids is 1. The van der Waals surface area contributed by atoms with Crippen LogP contribution < -0.4 is 11.1 Å². The number of amides is 1. The van der Waals surface area contributed by atoms with Crippen LogP contribution in [0.25, 0.3) is 0 Å². The summed E-state index contributed by atoms with van der Waals surface area (Å²) in [5.41, 5.74) is 5.89. The summed E-state index contributed by atoms with van der Waals surface area (Å²) >= 11 is 0. The van der Waals surface area contributed by atoms with Crippen LogP contribution in [0.2, 0.25) is 0 Å². The molecule has 32 heavy (non-hydrogen) atoms. The van der Waals surface area contributed by atoms with Gasteiger partial charge in [0, 0.05) is 24.3 Å². The monoisotopic (exact) mass is 463 g/mol. The lowest BCUT2D eigenvalue weighted by Gasteiger charge is -2.30. The third-order valence-corrected chi connectivity index (χ3v) is 6.10. The number of nitrogens with one attached hydrogen (secondary N) is 1. The lowest BCUT2D eigenvalue weighted by atomic mass is 9.94. The third kappa shape index (κ3) is 5.39. The largest absolute Gasteiger partial charge is 0.424 e. The highest BCUT2D eigenvalue weighted by molar-refractivity contribution is 7.72. The van der Waals surface area contributed by atoms with Crippen LogP contribution in [0.1, 0.15) is 48.3 Å². The summed E-state index contributed by atoms with van der Waals surface area (Å²) in [5.74, 6) is -1.64. The number of hydrogen-bond acceptors (Lipinski definition) is 6. The number of benzene rings is 1. The van der Waals surface area contributed by atoms with Gasteiger partial charge in [-0.1, -0.05) is 10.8 Å². The predicted molar refractivity (Wildman–Crippen MR) is 119 cm³/mol. The van der Waals surface area contributed by atoms with Crippen LogP contribution in [-0.4, -0.2) is 34.2 Å². The molecule has 2 heterocycles. The average molecular weight is 464 g/mol. The van der Waals surface area contributed by atoms with E-state index in [4.69, 9.17) is 5.73 Å². The van der Waals surface area contributed by atoms with Crippen LogP contribution >= 0.6 is 0 Å². The summed E-state index contributed by atoms with van der Waals surface area (Å²) in [7, 11) is -1.64. The van der Waals surface area contributed by atoms with E-state index in [1.807, 2.05) is 0 Å². The minimum absolute atomic E-state index is 0.000964. The highest BCUT2D eigenvalue weighted by Crippen LogP contribution is 2.30. The molecule has 1 aliphatic heterocycles. The third-order valence-electron chi connectivity index (χ3n) is 4.95. The van der Waals surface area contributed by atoms with Gasteiger partial charge in [-0.2, -0.15) is 0 Å². The highest BCUT2D eigenvalue weighted by atomic mass is 32.2. The Morgan fingerprint density at radius 3 is 2.75 bits per heavy atom. The van der Waals surface area contributed by atoms with Crippen LogP contribution in [0.5, 0.6) is 0 Å². The first-order valence-corrected chi connectivity index (χ1v) is 11.1. The van der Waals surface area contributed by atoms with Gasteiger partial charge in [0.15, 0.2) is 5.96 Å². The van der Waals surface area contributed by atoms with Crippen molar-refractivity contribution in [1.29, 1.82) is 0 Å². The van der Waals surface area contributed by atoms with Gasteiger partial charge in [-0.05, 0) is 63.4 Å². The maximum atomic E-state index is 14.7. The van der Waals surface area contributed by atoms with Gasteiger partial charge in [0.2, 0.25) is 0 Å². The molecule has 172 valence electrons. The summed E-state index contributed by atoms with van der Waals surface area (Å²) < 4.78 is 45.6. The molecule has 1 amide bonds. The van der Waals surface area contributed by atoms with E-state index >= 15 is 0 Å². The zero-order chi connectivity index (χ0) is 23.5. The number of carbonyl (C=O) groups is 1. The fourth-order valence-corrected chi connectivity index (χ4v) is 4.21. The SMILES string of the molecule is Cc1cc(F)cnc1C(=O)Nc1ccc(F)c(C(C)(C)N=C(N)N2CCCCN=[S-]2=O)c1. The molecule has 3 N–H and O–H groups in total. The number of nitrogens with two attached hydrogens (primary N) is 1. The quantitative estimate of drug-likeness (QED) is 0.409. The Morgan fingerprint density at radius 1 is 1.28 bits per heavy atom. The summed E-state index contributed by atoms with van der Waals surface area (Å²) in [5, 5.41) is 2.65. The summed E-state index contributed by atoms with van der Waals surface area (Å²) in [6, 6.07) is 5.27. The molecule has 0 aliphatic carbocycles. The van der Waals surface area contributed by atoms with Crippen molar-refractivity contribution in [2.24, 2.45) is 15.1 Å². The number of halogens is 2. The fraction of sp³-hybridized carbons (Fsp3) is 0.381. The molecule has 0 spiro atoms. The van der Waals surface area contributed by atoms with Crippen molar-refractivity contribution in [3.05, 3.63) is 58.9 Å². The molecule has 0 saturated heterocycles. The van der Waals surface area contributed by atoms with E-state index in [1.54, 1.807) is 20.8 Å². The number of anilines is 1. The predicted octanol–water partition coefficient (Wildman–Crippen LogP) is 3.63. The maximum Gasteiger partial charge on any atom is 0.274 e. The van der Waals surface area contributed by atoms with Crippen molar-refractivity contribution >= 4 is 28.3 Å². The smallest absolute Gasteiger partial charge is 0.274 e. The molecule has 0 bridgehead atoms. The first-order chi connectivity index (χ1) is 15.1. The van der Waals surface area contributed by atoms with E-state index < -0.39 is 33.9 Å². The first-order valence-electron chi connectivity index (χ1n) is 10.0. The van der Waals surface area contributed by atoms with E-state index in [1.165, 1.54) is 28.6 Å². The van der Waals surface area contributed by atoms with Crippen molar-refractivity contribution in [2.45, 2.75) is 39.2 Å². The Labute approximate surface area is 187 Å². The van der Waals surface area contributed by atoms with E-state index in [0.29, 0.717) is 24.3 Å². The topological polar surface area (TPSA) is 113 Å². The Balaban J connectivity index is 1.88. The second kappa shape index (κ2) is 9.60. The molecule has 8 nitrogen and oxygen atoms in total. The van der Waals surface area contributed by atoms with Gasteiger partial charge in [0.1, 0.15) is 17.3 Å². The Kier molecular flexibility index (Phi) is 7.07. The van der Waals surface area contributed by atoms with Crippen molar-refractivity contribution in [2.75, 3.05) is 18.4 Å². The molecule has 3 rings (SSSR count). The number of hydrogen-bond donors (Lipinski definition) is 2. The number of aliphatic imine (C=N–C) groups is 1. The van der Waals surface area contributed by atoms with Crippen molar-refractivity contribution in [3.63, 3.8) is 0 Å². The summed E-state index contributed by atoms with van der Waals surface area (Å²) in [4.78, 5) is 20.8. The lowest BCUT2D eigenvalue weighted by molar-refractivity contribution is 0.102. The molecule has 1 aromatic carbocycles. The average Bonchev–Trinajstić information content (AvgIpc) is 2.93. The van der Waals surface area contributed by atoms with Gasteiger partial charge >= 0.3 is 0 Å². The van der Waals surface area contributed by atoms with E-state index in [0.717, 1.165) is 19.0 Å². The molecule has 0 saturated carbocycles. The van der Waals surface area contributed by atoms with E-state index in [2.05, 4.69) is 19.7 Å². The maximum absolute atomic E-state index is 14.7. The molecular formula is C21H25F2N6O2S-. The van der Waals surface area contributed by atoms with Crippen molar-refractivity contribution < 1.29 is 17.8 Å². The van der Waals surface area contributed by atoms with Gasteiger partial charge in [-0.3, -0.25) is 4.79 Å². The zero-order valence-electron chi connectivity index (χ0n) is 18.1. The zero-order valence-corrected chi connectivity index (χ0v) is 18.9. The van der Waals surface area contributed by atoms with Gasteiger partial charge in [0.25, 0.3) is 5.91 Å². The first kappa shape index (κ1) is 23.6. The Bertz CT molecular complexity index is 1150. The molecule has 0 atom stereocenters. The number of aromatic nitrogens is 1. The van der Waals surface area contributed by atoms with Gasteiger partial charge in [-0.25, -0.2) is 18.8 Å². The molecule has 1 aromatic heterocycles. The summed E-state index contributed by atoms with van der Waals surface area (Å²) in [6.45, 7) is 5.81. The number of aryl methyl sites for hydroxylation is 1. The Morgan fingerprint density at radius 2 is 2.03 bits per heavy atom. The van der Waals surface area contributed by atoms with E-state index in [-0.39, 0.29) is 17.2 Å². The van der Waals surface area contributed by atoms with Crippen molar-refractivity contribution in [1.82, 2.24) is 9.29 Å². The number of nitrogens with zero attached hydrogens (tertiary/aromatic N) is 4. The van der Waals surface area contributed by atoms with Crippen LogP contribution in [-0.2, 0) is 20.5 Å². The standard InChI is InChI=1S/C21H25F2N6O2S/c1-13-10-14(22)12-25-18(13)19(30)27-15-6-7-17(23)16(11-15)21(2,3)28-20(24)29-9-5-4-8-26-32(29)31/h6-7,10-12H,4-5,8-9H2,1-3H3,(H2,24,28)(H,27,30)/q-1. The molecule has 2 aromatic rings. The molecule has 1 aliphatic rings. The normalized spacial score (nSPS) is 15.8. The van der Waals surface area contributed by atoms with E-state index in [9.17, 15) is 17.8 Å². The highest BCUT2D eigenvalue weighted by Gasteiger charge is 2.25. The lowest BCUT2D eigenvalue weighted by Crippen LogP contribution is -2.38. The minimum atomic E-state index is -1.64. The van der Waals surface area contributed by atoms with Crippen LogP contribution in [0.3, 0.4) is 0 Å². The summed E-state index contributed by atoms with van der Waals surface area (Å²) in [6.07, 6.45) is 2.52. The second-order valence-electron chi connectivity index (χ2n) is 7.89. The molecule has 0 fully saturated rings. The fourth-order valence-electron chi connectivity index (χ4n) is 3.29. The van der Waals surface area contributed by atoms with Gasteiger partial charge in [-0.15, -0.1) is 0 Å². The van der Waals surface area contributed by atoms with Crippen LogP contribution in [0, 0.1) is 18.6 Å². The number of pyridine rings is 1.